The topological polar surface area (TPSA) is 15.3 Å². The summed E-state index contributed by atoms with van der Waals surface area (Å²) in [5.74, 6) is 2.47. The van der Waals surface area contributed by atoms with Crippen LogP contribution >= 0.6 is 11.8 Å². The van der Waals surface area contributed by atoms with Crippen molar-refractivity contribution in [3.8, 4) is 0 Å². The van der Waals surface area contributed by atoms with Crippen LogP contribution in [0.15, 0.2) is 24.3 Å². The molecule has 0 atom stereocenters. The Labute approximate surface area is 103 Å². The Morgan fingerprint density at radius 2 is 1.88 bits per heavy atom. The minimum absolute atomic E-state index is 1.06. The molecule has 1 N–H and O–H groups in total. The monoisotopic (exact) mass is 238 g/mol. The normalized spacial score (nSPS) is 10.2. The van der Waals surface area contributed by atoms with E-state index in [1.165, 1.54) is 29.3 Å². The van der Waals surface area contributed by atoms with Gasteiger partial charge in [0.2, 0.25) is 0 Å². The van der Waals surface area contributed by atoms with E-state index >= 15 is 0 Å². The molecular weight excluding hydrogens is 216 g/mol. The van der Waals surface area contributed by atoms with E-state index in [2.05, 4.69) is 55.5 Å². The Hall–Kier alpha value is -0.830. The third kappa shape index (κ3) is 4.79. The van der Waals surface area contributed by atoms with Crippen LogP contribution in [0.1, 0.15) is 13.3 Å². The maximum atomic E-state index is 3.44. The van der Waals surface area contributed by atoms with Crippen LogP contribution in [0.5, 0.6) is 0 Å². The molecule has 16 heavy (non-hydrogen) atoms. The predicted octanol–water partition coefficient (Wildman–Crippen LogP) is 3.31. The molecule has 90 valence electrons. The molecular formula is C13H22N2S. The van der Waals surface area contributed by atoms with Crippen LogP contribution in [-0.2, 0) is 0 Å². The maximum absolute atomic E-state index is 3.44. The molecule has 3 heteroatoms. The summed E-state index contributed by atoms with van der Waals surface area (Å²) in [7, 11) is 4.12. The zero-order chi connectivity index (χ0) is 11.8. The lowest BCUT2D eigenvalue weighted by Gasteiger charge is -2.13. The van der Waals surface area contributed by atoms with Crippen LogP contribution < -0.4 is 10.2 Å². The number of thioether (sulfide) groups is 1. The van der Waals surface area contributed by atoms with Crippen LogP contribution in [0.3, 0.4) is 0 Å². The van der Waals surface area contributed by atoms with Crippen molar-refractivity contribution in [1.29, 1.82) is 0 Å². The SMILES string of the molecule is CCSCCCNc1ccc(N(C)C)cc1. The highest BCUT2D eigenvalue weighted by molar-refractivity contribution is 7.99. The van der Waals surface area contributed by atoms with E-state index in [0.717, 1.165) is 6.54 Å². The molecule has 0 unspecified atom stereocenters. The maximum Gasteiger partial charge on any atom is 0.0362 e. The Balaban J connectivity index is 2.27. The molecule has 0 aromatic heterocycles. The van der Waals surface area contributed by atoms with Gasteiger partial charge in [-0.15, -0.1) is 0 Å². The molecule has 0 aliphatic rings. The molecule has 0 radical (unpaired) electrons. The number of nitrogens with one attached hydrogen (secondary N) is 1. The Morgan fingerprint density at radius 3 is 2.44 bits per heavy atom. The number of rotatable bonds is 7. The lowest BCUT2D eigenvalue weighted by Crippen LogP contribution is -2.08. The third-order valence-corrected chi connectivity index (χ3v) is 3.37. The van der Waals surface area contributed by atoms with Crippen molar-refractivity contribution >= 4 is 23.1 Å². The first-order chi connectivity index (χ1) is 7.74. The van der Waals surface area contributed by atoms with Crippen molar-refractivity contribution in [2.75, 3.05) is 42.4 Å². The van der Waals surface area contributed by atoms with E-state index in [9.17, 15) is 0 Å². The second-order valence-corrected chi connectivity index (χ2v) is 5.31. The fraction of sp³-hybridized carbons (Fsp3) is 0.538. The van der Waals surface area contributed by atoms with Gasteiger partial charge in [-0.25, -0.2) is 0 Å². The summed E-state index contributed by atoms with van der Waals surface area (Å²) < 4.78 is 0. The van der Waals surface area contributed by atoms with Crippen LogP contribution in [-0.4, -0.2) is 32.1 Å². The standard InChI is InChI=1S/C13H22N2S/c1-4-16-11-5-10-14-12-6-8-13(9-7-12)15(2)3/h6-9,14H,4-5,10-11H2,1-3H3. The molecule has 2 nitrogen and oxygen atoms in total. The molecule has 0 bridgehead atoms. The largest absolute Gasteiger partial charge is 0.385 e. The highest BCUT2D eigenvalue weighted by Gasteiger charge is 1.95. The summed E-state index contributed by atoms with van der Waals surface area (Å²) in [6.45, 7) is 3.27. The molecule has 0 spiro atoms. The van der Waals surface area contributed by atoms with E-state index in [0.29, 0.717) is 0 Å². The van der Waals surface area contributed by atoms with Crippen molar-refractivity contribution in [1.82, 2.24) is 0 Å². The van der Waals surface area contributed by atoms with Crippen molar-refractivity contribution in [2.45, 2.75) is 13.3 Å². The molecule has 1 aromatic carbocycles. The van der Waals surface area contributed by atoms with Crippen molar-refractivity contribution in [3.63, 3.8) is 0 Å². The summed E-state index contributed by atoms with van der Waals surface area (Å²) in [5.41, 5.74) is 2.46. The minimum Gasteiger partial charge on any atom is -0.385 e. The number of hydrogen-bond donors (Lipinski definition) is 1. The summed E-state index contributed by atoms with van der Waals surface area (Å²) >= 11 is 2.00. The molecule has 1 aromatic rings. The molecule has 0 aliphatic carbocycles. The molecule has 1 rings (SSSR count). The smallest absolute Gasteiger partial charge is 0.0362 e. The summed E-state index contributed by atoms with van der Waals surface area (Å²) in [4.78, 5) is 2.11. The van der Waals surface area contributed by atoms with E-state index in [1.54, 1.807) is 0 Å². The summed E-state index contributed by atoms with van der Waals surface area (Å²) in [6.07, 6.45) is 1.23. The quantitative estimate of drug-likeness (QED) is 0.734. The van der Waals surface area contributed by atoms with E-state index in [-0.39, 0.29) is 0 Å². The van der Waals surface area contributed by atoms with Crippen molar-refractivity contribution in [3.05, 3.63) is 24.3 Å². The van der Waals surface area contributed by atoms with Gasteiger partial charge in [-0.05, 0) is 42.2 Å². The highest BCUT2D eigenvalue weighted by Crippen LogP contribution is 2.15. The van der Waals surface area contributed by atoms with Gasteiger partial charge in [0.15, 0.2) is 0 Å². The zero-order valence-corrected chi connectivity index (χ0v) is 11.3. The fourth-order valence-corrected chi connectivity index (χ4v) is 2.07. The molecule has 0 amide bonds. The average molecular weight is 238 g/mol. The predicted molar refractivity (Wildman–Crippen MR) is 76.9 cm³/mol. The number of hydrogen-bond acceptors (Lipinski definition) is 3. The fourth-order valence-electron chi connectivity index (χ4n) is 1.43. The first-order valence-corrected chi connectivity index (χ1v) is 6.98. The van der Waals surface area contributed by atoms with Gasteiger partial charge in [-0.3, -0.25) is 0 Å². The van der Waals surface area contributed by atoms with Gasteiger partial charge in [0.25, 0.3) is 0 Å². The van der Waals surface area contributed by atoms with E-state index in [4.69, 9.17) is 0 Å². The Kier molecular flexibility index (Phi) is 6.16. The molecule has 0 saturated heterocycles. The van der Waals surface area contributed by atoms with Gasteiger partial charge in [0, 0.05) is 32.0 Å². The average Bonchev–Trinajstić information content (AvgIpc) is 2.29. The summed E-state index contributed by atoms with van der Waals surface area (Å²) in [5, 5.41) is 3.44. The third-order valence-electron chi connectivity index (χ3n) is 2.38. The van der Waals surface area contributed by atoms with Gasteiger partial charge in [0.1, 0.15) is 0 Å². The molecule has 0 heterocycles. The number of benzene rings is 1. The van der Waals surface area contributed by atoms with E-state index in [1.807, 2.05) is 11.8 Å². The second kappa shape index (κ2) is 7.44. The van der Waals surface area contributed by atoms with Crippen LogP contribution in [0, 0.1) is 0 Å². The van der Waals surface area contributed by atoms with Gasteiger partial charge in [-0.2, -0.15) is 11.8 Å². The van der Waals surface area contributed by atoms with Crippen LogP contribution in [0.25, 0.3) is 0 Å². The van der Waals surface area contributed by atoms with Crippen LogP contribution in [0.4, 0.5) is 11.4 Å². The van der Waals surface area contributed by atoms with E-state index < -0.39 is 0 Å². The lowest BCUT2D eigenvalue weighted by molar-refractivity contribution is 0.991. The number of nitrogens with zero attached hydrogens (tertiary/aromatic N) is 1. The number of anilines is 2. The molecule has 0 aliphatic heterocycles. The highest BCUT2D eigenvalue weighted by atomic mass is 32.2. The Bertz CT molecular complexity index is 282. The Morgan fingerprint density at radius 1 is 1.19 bits per heavy atom. The second-order valence-electron chi connectivity index (χ2n) is 3.92. The van der Waals surface area contributed by atoms with Crippen LogP contribution in [0.2, 0.25) is 0 Å². The molecule has 0 fully saturated rings. The zero-order valence-electron chi connectivity index (χ0n) is 10.5. The summed E-state index contributed by atoms with van der Waals surface area (Å²) in [6, 6.07) is 8.57. The molecule has 0 saturated carbocycles. The van der Waals surface area contributed by atoms with Gasteiger partial charge >= 0.3 is 0 Å². The van der Waals surface area contributed by atoms with Gasteiger partial charge in [0.05, 0.1) is 0 Å². The first-order valence-electron chi connectivity index (χ1n) is 5.83. The van der Waals surface area contributed by atoms with Gasteiger partial charge in [-0.1, -0.05) is 6.92 Å². The van der Waals surface area contributed by atoms with Gasteiger partial charge < -0.3 is 10.2 Å². The first kappa shape index (κ1) is 13.2. The minimum atomic E-state index is 1.06. The van der Waals surface area contributed by atoms with Crippen molar-refractivity contribution in [2.24, 2.45) is 0 Å². The van der Waals surface area contributed by atoms with Crippen molar-refractivity contribution < 1.29 is 0 Å². The lowest BCUT2D eigenvalue weighted by atomic mass is 10.2.